The van der Waals surface area contributed by atoms with Gasteiger partial charge >= 0.3 is 5.97 Å². The second kappa shape index (κ2) is 5.63. The Labute approximate surface area is 121 Å². The fraction of sp³-hybridized carbons (Fsp3) is 0.455. The van der Waals surface area contributed by atoms with Gasteiger partial charge in [0.2, 0.25) is 0 Å². The minimum atomic E-state index is -0.931. The summed E-state index contributed by atoms with van der Waals surface area (Å²) in [5, 5.41) is 11.0. The topological polar surface area (TPSA) is 57.6 Å². The number of nitrogens with zero attached hydrogens (tertiary/aromatic N) is 1. The van der Waals surface area contributed by atoms with Gasteiger partial charge in [-0.25, -0.2) is 4.79 Å². The molecule has 1 aromatic rings. The van der Waals surface area contributed by atoms with E-state index in [0.29, 0.717) is 10.6 Å². The van der Waals surface area contributed by atoms with Crippen molar-refractivity contribution >= 4 is 50.9 Å². The average molecular weight is 350 g/mol. The second-order valence-corrected chi connectivity index (χ2v) is 6.84. The molecule has 0 radical (unpaired) electrons. The molecule has 4 nitrogen and oxygen atoms in total. The zero-order chi connectivity index (χ0) is 13.3. The largest absolute Gasteiger partial charge is 0.480 e. The molecule has 0 bridgehead atoms. The number of amides is 1. The van der Waals surface area contributed by atoms with Crippen LogP contribution in [0.1, 0.15) is 23.0 Å². The van der Waals surface area contributed by atoms with Crippen molar-refractivity contribution in [1.82, 2.24) is 4.90 Å². The molecule has 2 unspecified atom stereocenters. The standard InChI is InChI=1S/C11H12BrNO3S2/c1-2-8-13(7(5-18-8)11(15)16)10(14)9-6(12)3-4-17-9/h3-4,7-8H,2,5H2,1H3,(H,15,16). The van der Waals surface area contributed by atoms with Crippen LogP contribution in [0.4, 0.5) is 0 Å². The molecule has 0 aliphatic carbocycles. The van der Waals surface area contributed by atoms with Crippen LogP contribution in [-0.2, 0) is 4.79 Å². The maximum Gasteiger partial charge on any atom is 0.327 e. The van der Waals surface area contributed by atoms with Crippen LogP contribution in [0.3, 0.4) is 0 Å². The summed E-state index contributed by atoms with van der Waals surface area (Å²) in [4.78, 5) is 25.7. The van der Waals surface area contributed by atoms with Gasteiger partial charge in [0, 0.05) is 10.2 Å². The van der Waals surface area contributed by atoms with Gasteiger partial charge in [-0.05, 0) is 33.8 Å². The molecule has 1 fully saturated rings. The lowest BCUT2D eigenvalue weighted by Crippen LogP contribution is -2.45. The Morgan fingerprint density at radius 1 is 1.61 bits per heavy atom. The number of carbonyl (C=O) groups is 2. The number of carbonyl (C=O) groups excluding carboxylic acids is 1. The second-order valence-electron chi connectivity index (χ2n) is 3.86. The van der Waals surface area contributed by atoms with Crippen LogP contribution in [0.5, 0.6) is 0 Å². The van der Waals surface area contributed by atoms with E-state index in [1.54, 1.807) is 6.07 Å². The molecule has 1 aliphatic heterocycles. The molecule has 2 atom stereocenters. The number of hydrogen-bond donors (Lipinski definition) is 1. The molecule has 98 valence electrons. The van der Waals surface area contributed by atoms with E-state index in [-0.39, 0.29) is 11.3 Å². The van der Waals surface area contributed by atoms with Crippen LogP contribution in [-0.4, -0.2) is 39.1 Å². The van der Waals surface area contributed by atoms with Crippen molar-refractivity contribution in [2.24, 2.45) is 0 Å². The first-order valence-electron chi connectivity index (χ1n) is 5.46. The van der Waals surface area contributed by atoms with Crippen molar-refractivity contribution in [1.29, 1.82) is 0 Å². The van der Waals surface area contributed by atoms with E-state index in [2.05, 4.69) is 15.9 Å². The third-order valence-corrected chi connectivity index (χ3v) is 6.05. The van der Waals surface area contributed by atoms with Crippen LogP contribution in [0.25, 0.3) is 0 Å². The first-order chi connectivity index (χ1) is 8.56. The Hall–Kier alpha value is -0.530. The van der Waals surface area contributed by atoms with Gasteiger partial charge in [-0.3, -0.25) is 4.79 Å². The minimum Gasteiger partial charge on any atom is -0.480 e. The van der Waals surface area contributed by atoms with Gasteiger partial charge in [-0.15, -0.1) is 23.1 Å². The fourth-order valence-corrected chi connectivity index (χ4v) is 4.73. The van der Waals surface area contributed by atoms with Crippen molar-refractivity contribution in [3.8, 4) is 0 Å². The predicted molar refractivity (Wildman–Crippen MR) is 76.1 cm³/mol. The number of thiophene rings is 1. The molecule has 7 heteroatoms. The summed E-state index contributed by atoms with van der Waals surface area (Å²) in [6.07, 6.45) is 0.753. The molecule has 1 amide bonds. The van der Waals surface area contributed by atoms with E-state index in [1.807, 2.05) is 12.3 Å². The SMILES string of the molecule is CCC1SCC(C(=O)O)N1C(=O)c1sccc1Br. The van der Waals surface area contributed by atoms with Crippen molar-refractivity contribution in [2.75, 3.05) is 5.75 Å². The molecular weight excluding hydrogens is 338 g/mol. The lowest BCUT2D eigenvalue weighted by molar-refractivity contribution is -0.141. The van der Waals surface area contributed by atoms with Gasteiger partial charge in [0.15, 0.2) is 0 Å². The Kier molecular flexibility index (Phi) is 4.34. The molecule has 1 N–H and O–H groups in total. The molecule has 18 heavy (non-hydrogen) atoms. The van der Waals surface area contributed by atoms with Gasteiger partial charge in [0.05, 0.1) is 5.37 Å². The Morgan fingerprint density at radius 2 is 2.33 bits per heavy atom. The molecule has 1 saturated heterocycles. The quantitative estimate of drug-likeness (QED) is 0.911. The third-order valence-electron chi connectivity index (χ3n) is 2.77. The first kappa shape index (κ1) is 13.9. The monoisotopic (exact) mass is 349 g/mol. The minimum absolute atomic E-state index is 0.0485. The molecule has 0 aromatic carbocycles. The number of carboxylic acid groups (broad SMARTS) is 1. The molecule has 0 saturated carbocycles. The van der Waals surface area contributed by atoms with Crippen molar-refractivity contribution in [3.05, 3.63) is 20.8 Å². The van der Waals surface area contributed by atoms with E-state index < -0.39 is 12.0 Å². The number of thioether (sulfide) groups is 1. The molecule has 2 heterocycles. The van der Waals surface area contributed by atoms with Crippen LogP contribution in [0, 0.1) is 0 Å². The van der Waals surface area contributed by atoms with E-state index in [9.17, 15) is 14.7 Å². The van der Waals surface area contributed by atoms with Crippen LogP contribution < -0.4 is 0 Å². The highest BCUT2D eigenvalue weighted by molar-refractivity contribution is 9.10. The number of hydrogen-bond acceptors (Lipinski definition) is 4. The maximum atomic E-state index is 12.4. The molecule has 0 spiro atoms. The number of rotatable bonds is 3. The van der Waals surface area contributed by atoms with Crippen molar-refractivity contribution < 1.29 is 14.7 Å². The maximum absolute atomic E-state index is 12.4. The fourth-order valence-electron chi connectivity index (χ4n) is 1.90. The molecule has 1 aromatic heterocycles. The van der Waals surface area contributed by atoms with E-state index >= 15 is 0 Å². The van der Waals surface area contributed by atoms with E-state index in [0.717, 1.165) is 10.9 Å². The predicted octanol–water partition coefficient (Wildman–Crippen LogP) is 2.89. The Morgan fingerprint density at radius 3 is 2.83 bits per heavy atom. The highest BCUT2D eigenvalue weighted by atomic mass is 79.9. The summed E-state index contributed by atoms with van der Waals surface area (Å²) in [5.74, 6) is -0.664. The summed E-state index contributed by atoms with van der Waals surface area (Å²) >= 11 is 6.18. The lowest BCUT2D eigenvalue weighted by Gasteiger charge is -2.26. The summed E-state index contributed by atoms with van der Waals surface area (Å²) in [7, 11) is 0. The summed E-state index contributed by atoms with van der Waals surface area (Å²) < 4.78 is 0.730. The molecular formula is C11H12BrNO3S2. The highest BCUT2D eigenvalue weighted by Gasteiger charge is 2.41. The zero-order valence-corrected chi connectivity index (χ0v) is 12.8. The third kappa shape index (κ3) is 2.44. The average Bonchev–Trinajstić information content (AvgIpc) is 2.93. The van der Waals surface area contributed by atoms with Crippen LogP contribution >= 0.6 is 39.0 Å². The van der Waals surface area contributed by atoms with Crippen molar-refractivity contribution in [2.45, 2.75) is 24.8 Å². The van der Waals surface area contributed by atoms with Gasteiger partial charge in [-0.2, -0.15) is 0 Å². The normalized spacial score (nSPS) is 23.3. The Bertz CT molecular complexity index is 477. The van der Waals surface area contributed by atoms with Gasteiger partial charge in [-0.1, -0.05) is 6.92 Å². The Balaban J connectivity index is 2.30. The van der Waals surface area contributed by atoms with Crippen LogP contribution in [0.2, 0.25) is 0 Å². The van der Waals surface area contributed by atoms with Crippen molar-refractivity contribution in [3.63, 3.8) is 0 Å². The highest BCUT2D eigenvalue weighted by Crippen LogP contribution is 2.35. The number of halogens is 1. The zero-order valence-electron chi connectivity index (χ0n) is 9.63. The number of aliphatic carboxylic acids is 1. The molecule has 1 aliphatic rings. The van der Waals surface area contributed by atoms with Gasteiger partial charge in [0.25, 0.3) is 5.91 Å². The smallest absolute Gasteiger partial charge is 0.327 e. The van der Waals surface area contributed by atoms with E-state index in [4.69, 9.17) is 0 Å². The van der Waals surface area contributed by atoms with Crippen LogP contribution in [0.15, 0.2) is 15.9 Å². The van der Waals surface area contributed by atoms with E-state index in [1.165, 1.54) is 28.0 Å². The summed E-state index contributed by atoms with van der Waals surface area (Å²) in [5.41, 5.74) is 0. The summed E-state index contributed by atoms with van der Waals surface area (Å²) in [6, 6.07) is 1.08. The van der Waals surface area contributed by atoms with Gasteiger partial charge in [0.1, 0.15) is 10.9 Å². The number of carboxylic acids is 1. The first-order valence-corrected chi connectivity index (χ1v) is 8.18. The molecule has 2 rings (SSSR count). The van der Waals surface area contributed by atoms with Gasteiger partial charge < -0.3 is 10.0 Å². The summed E-state index contributed by atoms with van der Waals surface area (Å²) in [6.45, 7) is 1.96. The lowest BCUT2D eigenvalue weighted by atomic mass is 10.2.